The van der Waals surface area contributed by atoms with Crippen molar-refractivity contribution in [3.63, 3.8) is 0 Å². The predicted octanol–water partition coefficient (Wildman–Crippen LogP) is -0.206. The molecule has 0 aromatic heterocycles. The maximum atomic E-state index is 11.5. The smallest absolute Gasteiger partial charge is 0.224 e. The van der Waals surface area contributed by atoms with Gasteiger partial charge < -0.3 is 20.6 Å². The van der Waals surface area contributed by atoms with E-state index in [-0.39, 0.29) is 24.6 Å². The number of aliphatic hydroxyl groups is 2. The van der Waals surface area contributed by atoms with Crippen molar-refractivity contribution in [3.05, 3.63) is 29.8 Å². The highest BCUT2D eigenvalue weighted by Crippen LogP contribution is 2.11. The molecular weight excluding hydrogens is 222 g/mol. The molecule has 0 saturated carbocycles. The van der Waals surface area contributed by atoms with Gasteiger partial charge in [-0.3, -0.25) is 4.79 Å². The molecule has 1 aromatic rings. The van der Waals surface area contributed by atoms with Crippen LogP contribution in [-0.4, -0.2) is 40.0 Å². The Balaban J connectivity index is 2.45. The molecular formula is C12H17NO4. The average Bonchev–Trinajstić information content (AvgIpc) is 2.27. The Hall–Kier alpha value is -1.59. The van der Waals surface area contributed by atoms with E-state index >= 15 is 0 Å². The quantitative estimate of drug-likeness (QED) is 0.572. The van der Waals surface area contributed by atoms with Gasteiger partial charge in [0.25, 0.3) is 0 Å². The van der Waals surface area contributed by atoms with E-state index in [0.717, 1.165) is 0 Å². The zero-order valence-electron chi connectivity index (χ0n) is 9.68. The van der Waals surface area contributed by atoms with Gasteiger partial charge in [0.1, 0.15) is 11.4 Å². The molecule has 0 radical (unpaired) electrons. The van der Waals surface area contributed by atoms with Crippen LogP contribution >= 0.6 is 0 Å². The van der Waals surface area contributed by atoms with Crippen molar-refractivity contribution in [2.45, 2.75) is 18.9 Å². The van der Waals surface area contributed by atoms with Crippen LogP contribution in [0.15, 0.2) is 24.3 Å². The first kappa shape index (κ1) is 13.5. The summed E-state index contributed by atoms with van der Waals surface area (Å²) < 4.78 is 0. The zero-order valence-corrected chi connectivity index (χ0v) is 9.68. The molecule has 4 N–H and O–H groups in total. The number of phenolic OH excluding ortho intramolecular Hbond substituents is 1. The molecule has 5 heteroatoms. The molecule has 0 heterocycles. The van der Waals surface area contributed by atoms with E-state index in [9.17, 15) is 15.0 Å². The number of rotatable bonds is 5. The minimum absolute atomic E-state index is 0.0127. The lowest BCUT2D eigenvalue weighted by molar-refractivity contribution is -0.121. The monoisotopic (exact) mass is 239 g/mol. The summed E-state index contributed by atoms with van der Waals surface area (Å²) in [6, 6.07) is 6.41. The summed E-state index contributed by atoms with van der Waals surface area (Å²) in [5, 5.41) is 30.0. The Kier molecular flexibility index (Phi) is 4.48. The summed E-state index contributed by atoms with van der Waals surface area (Å²) >= 11 is 0. The average molecular weight is 239 g/mol. The lowest BCUT2D eigenvalue weighted by Gasteiger charge is -2.20. The number of amides is 1. The molecule has 0 fully saturated rings. The summed E-state index contributed by atoms with van der Waals surface area (Å²) in [6.45, 7) is 1.00. The summed E-state index contributed by atoms with van der Waals surface area (Å²) in [6.07, 6.45) is 0.121. The van der Waals surface area contributed by atoms with Gasteiger partial charge in [-0.1, -0.05) is 12.1 Å². The molecule has 94 valence electrons. The van der Waals surface area contributed by atoms with Crippen molar-refractivity contribution in [1.29, 1.82) is 0 Å². The lowest BCUT2D eigenvalue weighted by atomic mass is 10.1. The molecule has 17 heavy (non-hydrogen) atoms. The van der Waals surface area contributed by atoms with Crippen LogP contribution in [0.3, 0.4) is 0 Å². The molecule has 0 aliphatic carbocycles. The van der Waals surface area contributed by atoms with Crippen LogP contribution < -0.4 is 5.32 Å². The largest absolute Gasteiger partial charge is 0.508 e. The maximum absolute atomic E-state index is 11.5. The number of carbonyl (C=O) groups is 1. The lowest BCUT2D eigenvalue weighted by Crippen LogP contribution is -2.43. The van der Waals surface area contributed by atoms with E-state index in [1.807, 2.05) is 0 Å². The van der Waals surface area contributed by atoms with Crippen LogP contribution in [0.1, 0.15) is 12.5 Å². The third kappa shape index (κ3) is 4.84. The first-order chi connectivity index (χ1) is 7.93. The summed E-state index contributed by atoms with van der Waals surface area (Å²) in [5.74, 6) is -0.165. The topological polar surface area (TPSA) is 89.8 Å². The van der Waals surface area contributed by atoms with Crippen molar-refractivity contribution in [2.24, 2.45) is 0 Å². The summed E-state index contributed by atoms with van der Waals surface area (Å²) in [4.78, 5) is 11.5. The van der Waals surface area contributed by atoms with Crippen LogP contribution in [0.2, 0.25) is 0 Å². The molecule has 1 unspecified atom stereocenters. The summed E-state index contributed by atoms with van der Waals surface area (Å²) in [7, 11) is 0. The maximum Gasteiger partial charge on any atom is 0.224 e. The highest BCUT2D eigenvalue weighted by molar-refractivity contribution is 5.78. The standard InChI is InChI=1S/C12H17NO4/c1-12(17,8-14)7-13-11(16)6-9-3-2-4-10(15)5-9/h2-5,14-15,17H,6-8H2,1H3,(H,13,16). The van der Waals surface area contributed by atoms with Crippen LogP contribution in [0, 0.1) is 0 Å². The van der Waals surface area contributed by atoms with Crippen molar-refractivity contribution in [3.8, 4) is 5.75 Å². The van der Waals surface area contributed by atoms with Gasteiger partial charge in [0, 0.05) is 6.54 Å². The van der Waals surface area contributed by atoms with Crippen LogP contribution in [0.25, 0.3) is 0 Å². The Morgan fingerprint density at radius 1 is 1.47 bits per heavy atom. The van der Waals surface area contributed by atoms with Gasteiger partial charge in [0.05, 0.1) is 13.0 Å². The molecule has 1 atom stereocenters. The minimum Gasteiger partial charge on any atom is -0.508 e. The van der Waals surface area contributed by atoms with Crippen LogP contribution in [0.5, 0.6) is 5.75 Å². The highest BCUT2D eigenvalue weighted by atomic mass is 16.3. The zero-order chi connectivity index (χ0) is 12.9. The fourth-order valence-electron chi connectivity index (χ4n) is 1.26. The third-order valence-corrected chi connectivity index (χ3v) is 2.28. The second-order valence-electron chi connectivity index (χ2n) is 4.28. The Morgan fingerprint density at radius 3 is 2.76 bits per heavy atom. The van der Waals surface area contributed by atoms with Crippen molar-refractivity contribution >= 4 is 5.91 Å². The van der Waals surface area contributed by atoms with Gasteiger partial charge in [-0.15, -0.1) is 0 Å². The number of phenols is 1. The Morgan fingerprint density at radius 2 is 2.18 bits per heavy atom. The van der Waals surface area contributed by atoms with Gasteiger partial charge >= 0.3 is 0 Å². The normalized spacial score (nSPS) is 14.1. The SMILES string of the molecule is CC(O)(CO)CNC(=O)Cc1cccc(O)c1. The van der Waals surface area contributed by atoms with E-state index in [0.29, 0.717) is 5.56 Å². The molecule has 5 nitrogen and oxygen atoms in total. The van der Waals surface area contributed by atoms with E-state index in [1.165, 1.54) is 19.1 Å². The molecule has 0 saturated heterocycles. The molecule has 0 bridgehead atoms. The van der Waals surface area contributed by atoms with E-state index in [4.69, 9.17) is 5.11 Å². The number of aromatic hydroxyl groups is 1. The second kappa shape index (κ2) is 5.65. The minimum atomic E-state index is -1.31. The van der Waals surface area contributed by atoms with Crippen LogP contribution in [0.4, 0.5) is 0 Å². The number of hydrogen-bond donors (Lipinski definition) is 4. The fraction of sp³-hybridized carbons (Fsp3) is 0.417. The number of aliphatic hydroxyl groups excluding tert-OH is 1. The molecule has 0 spiro atoms. The first-order valence-electron chi connectivity index (χ1n) is 5.31. The highest BCUT2D eigenvalue weighted by Gasteiger charge is 2.19. The van der Waals surface area contributed by atoms with E-state index in [2.05, 4.69) is 5.32 Å². The number of benzene rings is 1. The number of carbonyl (C=O) groups excluding carboxylic acids is 1. The second-order valence-corrected chi connectivity index (χ2v) is 4.28. The number of nitrogens with one attached hydrogen (secondary N) is 1. The van der Waals surface area contributed by atoms with Crippen molar-refractivity contribution < 1.29 is 20.1 Å². The first-order valence-corrected chi connectivity index (χ1v) is 5.31. The molecule has 0 aliphatic heterocycles. The van der Waals surface area contributed by atoms with Gasteiger partial charge in [-0.25, -0.2) is 0 Å². The summed E-state index contributed by atoms with van der Waals surface area (Å²) in [5.41, 5.74) is -0.625. The third-order valence-electron chi connectivity index (χ3n) is 2.28. The van der Waals surface area contributed by atoms with Crippen molar-refractivity contribution in [1.82, 2.24) is 5.32 Å². The van der Waals surface area contributed by atoms with Crippen LogP contribution in [-0.2, 0) is 11.2 Å². The van der Waals surface area contributed by atoms with Gasteiger partial charge in [0.2, 0.25) is 5.91 Å². The molecule has 1 amide bonds. The molecule has 0 aliphatic rings. The predicted molar refractivity (Wildman–Crippen MR) is 62.5 cm³/mol. The Labute approximate surface area is 99.7 Å². The molecule has 1 aromatic carbocycles. The van der Waals surface area contributed by atoms with Gasteiger partial charge in [-0.2, -0.15) is 0 Å². The van der Waals surface area contributed by atoms with E-state index in [1.54, 1.807) is 12.1 Å². The fourth-order valence-corrected chi connectivity index (χ4v) is 1.26. The molecule has 1 rings (SSSR count). The van der Waals surface area contributed by atoms with Gasteiger partial charge in [-0.05, 0) is 24.6 Å². The Bertz CT molecular complexity index is 390. The van der Waals surface area contributed by atoms with Crippen molar-refractivity contribution in [2.75, 3.05) is 13.2 Å². The number of hydrogen-bond acceptors (Lipinski definition) is 4. The van der Waals surface area contributed by atoms with E-state index < -0.39 is 12.2 Å². The van der Waals surface area contributed by atoms with Gasteiger partial charge in [0.15, 0.2) is 0 Å².